The second kappa shape index (κ2) is 11.2. The Bertz CT molecular complexity index is 1210. The number of benzene rings is 1. The van der Waals surface area contributed by atoms with Crippen LogP contribution in [0.4, 0.5) is 16.0 Å². The molecule has 0 bridgehead atoms. The van der Waals surface area contributed by atoms with Gasteiger partial charge in [0, 0.05) is 58.0 Å². The third kappa shape index (κ3) is 5.44. The standard InChI is InChI=1S/C27H35FN8O/c1-29-24-23(27(37)30-2)26(32-18-31-24)35-13-9-20(10-14-35)25-33-22(19-5-7-21(28)8-6-19)17-36(25)16-15-34-11-3-4-12-34/h5-8,17-18,20H,3-4,9-16H2,1-2H3,(H,30,37)(H,29,31,32). The van der Waals surface area contributed by atoms with Crippen molar-refractivity contribution in [3.05, 3.63) is 54.0 Å². The lowest BCUT2D eigenvalue weighted by Gasteiger charge is -2.33. The molecule has 10 heteroatoms. The van der Waals surface area contributed by atoms with Crippen LogP contribution in [0.5, 0.6) is 0 Å². The number of likely N-dealkylation sites (tertiary alicyclic amines) is 1. The van der Waals surface area contributed by atoms with Gasteiger partial charge >= 0.3 is 0 Å². The molecule has 2 saturated heterocycles. The topological polar surface area (TPSA) is 91.2 Å². The molecule has 2 N–H and O–H groups in total. The molecule has 2 aromatic heterocycles. The van der Waals surface area contributed by atoms with E-state index in [1.165, 1.54) is 31.3 Å². The van der Waals surface area contributed by atoms with Crippen molar-refractivity contribution in [1.82, 2.24) is 29.7 Å². The zero-order valence-electron chi connectivity index (χ0n) is 21.6. The average Bonchev–Trinajstić information content (AvgIpc) is 3.62. The second-order valence-corrected chi connectivity index (χ2v) is 9.74. The number of amides is 1. The number of hydrogen-bond donors (Lipinski definition) is 2. The van der Waals surface area contributed by atoms with E-state index < -0.39 is 0 Å². The molecule has 4 heterocycles. The van der Waals surface area contributed by atoms with Crippen LogP contribution >= 0.6 is 0 Å². The van der Waals surface area contributed by atoms with Gasteiger partial charge in [0.2, 0.25) is 0 Å². The summed E-state index contributed by atoms with van der Waals surface area (Å²) in [5.41, 5.74) is 2.28. The van der Waals surface area contributed by atoms with Gasteiger partial charge in [0.25, 0.3) is 5.91 Å². The zero-order chi connectivity index (χ0) is 25.8. The number of anilines is 2. The lowest BCUT2D eigenvalue weighted by atomic mass is 9.95. The van der Waals surface area contributed by atoms with Crippen molar-refractivity contribution in [2.75, 3.05) is 57.0 Å². The molecule has 0 spiro atoms. The number of nitrogens with one attached hydrogen (secondary N) is 2. The van der Waals surface area contributed by atoms with Gasteiger partial charge in [0.1, 0.15) is 35.2 Å². The molecular formula is C27H35FN8O. The van der Waals surface area contributed by atoms with E-state index in [1.807, 2.05) is 0 Å². The van der Waals surface area contributed by atoms with Crippen LogP contribution in [0.3, 0.4) is 0 Å². The van der Waals surface area contributed by atoms with Crippen LogP contribution in [0.25, 0.3) is 11.3 Å². The first-order chi connectivity index (χ1) is 18.1. The van der Waals surface area contributed by atoms with E-state index in [-0.39, 0.29) is 17.6 Å². The van der Waals surface area contributed by atoms with Crippen molar-refractivity contribution in [3.8, 4) is 11.3 Å². The monoisotopic (exact) mass is 506 g/mol. The molecule has 0 radical (unpaired) electrons. The van der Waals surface area contributed by atoms with Gasteiger partial charge in [-0.05, 0) is 63.0 Å². The normalized spacial score (nSPS) is 16.8. The number of halogens is 1. The number of nitrogens with zero attached hydrogens (tertiary/aromatic N) is 6. The molecule has 0 aliphatic carbocycles. The van der Waals surface area contributed by atoms with Gasteiger partial charge in [-0.2, -0.15) is 0 Å². The van der Waals surface area contributed by atoms with E-state index in [1.54, 1.807) is 26.2 Å². The summed E-state index contributed by atoms with van der Waals surface area (Å²) in [5, 5.41) is 5.72. The summed E-state index contributed by atoms with van der Waals surface area (Å²) in [6.45, 7) is 5.75. The van der Waals surface area contributed by atoms with Gasteiger partial charge in [-0.1, -0.05) is 0 Å². The Morgan fingerprint density at radius 1 is 1.03 bits per heavy atom. The molecule has 0 saturated carbocycles. The number of imidazole rings is 1. The number of piperidine rings is 1. The summed E-state index contributed by atoms with van der Waals surface area (Å²) in [6.07, 6.45) is 7.96. The van der Waals surface area contributed by atoms with Gasteiger partial charge in [0.15, 0.2) is 0 Å². The number of rotatable bonds is 8. The molecule has 2 fully saturated rings. The van der Waals surface area contributed by atoms with Crippen LogP contribution in [0.2, 0.25) is 0 Å². The minimum Gasteiger partial charge on any atom is -0.372 e. The van der Waals surface area contributed by atoms with Crippen molar-refractivity contribution in [2.45, 2.75) is 38.1 Å². The molecule has 1 aromatic carbocycles. The molecule has 37 heavy (non-hydrogen) atoms. The van der Waals surface area contributed by atoms with Crippen molar-refractivity contribution >= 4 is 17.5 Å². The Balaban J connectivity index is 1.36. The molecular weight excluding hydrogens is 471 g/mol. The number of carbonyl (C=O) groups is 1. The highest BCUT2D eigenvalue weighted by molar-refractivity contribution is 6.03. The van der Waals surface area contributed by atoms with E-state index in [2.05, 4.69) is 41.2 Å². The maximum Gasteiger partial charge on any atom is 0.258 e. The number of carbonyl (C=O) groups excluding carboxylic acids is 1. The zero-order valence-corrected chi connectivity index (χ0v) is 21.6. The van der Waals surface area contributed by atoms with E-state index >= 15 is 0 Å². The first-order valence-corrected chi connectivity index (χ1v) is 13.1. The molecule has 196 valence electrons. The van der Waals surface area contributed by atoms with Gasteiger partial charge in [-0.15, -0.1) is 0 Å². The number of aromatic nitrogens is 4. The average molecular weight is 507 g/mol. The predicted octanol–water partition coefficient (Wildman–Crippen LogP) is 3.36. The SMILES string of the molecule is CNC(=O)c1c(NC)ncnc1N1CCC(c2nc(-c3ccc(F)cc3)cn2CCN2CCCC2)CC1. The first kappa shape index (κ1) is 25.1. The van der Waals surface area contributed by atoms with Crippen molar-refractivity contribution < 1.29 is 9.18 Å². The molecule has 3 aromatic rings. The molecule has 2 aliphatic rings. The van der Waals surface area contributed by atoms with Crippen molar-refractivity contribution in [2.24, 2.45) is 0 Å². The molecule has 1 amide bonds. The van der Waals surface area contributed by atoms with Crippen LogP contribution in [-0.2, 0) is 6.54 Å². The summed E-state index contributed by atoms with van der Waals surface area (Å²) < 4.78 is 15.8. The highest BCUT2D eigenvalue weighted by Crippen LogP contribution is 2.33. The Morgan fingerprint density at radius 3 is 2.43 bits per heavy atom. The Labute approximate surface area is 217 Å². The fourth-order valence-corrected chi connectivity index (χ4v) is 5.44. The van der Waals surface area contributed by atoms with Crippen molar-refractivity contribution in [3.63, 3.8) is 0 Å². The quantitative estimate of drug-likeness (QED) is 0.484. The number of hydrogen-bond acceptors (Lipinski definition) is 7. The van der Waals surface area contributed by atoms with Crippen LogP contribution in [-0.4, -0.2) is 77.1 Å². The molecule has 0 unspecified atom stereocenters. The summed E-state index contributed by atoms with van der Waals surface area (Å²) in [4.78, 5) is 31.1. The van der Waals surface area contributed by atoms with Gasteiger partial charge in [-0.3, -0.25) is 4.79 Å². The van der Waals surface area contributed by atoms with E-state index in [9.17, 15) is 9.18 Å². The molecule has 5 rings (SSSR count). The summed E-state index contributed by atoms with van der Waals surface area (Å²) in [6, 6.07) is 6.57. The van der Waals surface area contributed by atoms with Crippen LogP contribution in [0, 0.1) is 5.82 Å². The summed E-state index contributed by atoms with van der Waals surface area (Å²) >= 11 is 0. The Morgan fingerprint density at radius 2 is 1.76 bits per heavy atom. The third-order valence-electron chi connectivity index (χ3n) is 7.48. The van der Waals surface area contributed by atoms with Gasteiger partial charge < -0.3 is 25.0 Å². The second-order valence-electron chi connectivity index (χ2n) is 9.74. The van der Waals surface area contributed by atoms with E-state index in [0.717, 1.165) is 69.2 Å². The van der Waals surface area contributed by atoms with Crippen LogP contribution < -0.4 is 15.5 Å². The summed E-state index contributed by atoms with van der Waals surface area (Å²) in [5.74, 6) is 2.10. The lowest BCUT2D eigenvalue weighted by Crippen LogP contribution is -2.36. The minimum absolute atomic E-state index is 0.205. The maximum absolute atomic E-state index is 13.5. The van der Waals surface area contributed by atoms with Crippen LogP contribution in [0.1, 0.15) is 47.8 Å². The predicted molar refractivity (Wildman–Crippen MR) is 142 cm³/mol. The smallest absolute Gasteiger partial charge is 0.258 e. The van der Waals surface area contributed by atoms with Crippen LogP contribution in [0.15, 0.2) is 36.8 Å². The third-order valence-corrected chi connectivity index (χ3v) is 7.48. The largest absolute Gasteiger partial charge is 0.372 e. The van der Waals surface area contributed by atoms with E-state index in [0.29, 0.717) is 17.2 Å². The van der Waals surface area contributed by atoms with Gasteiger partial charge in [-0.25, -0.2) is 19.3 Å². The maximum atomic E-state index is 13.5. The minimum atomic E-state index is -0.243. The Kier molecular flexibility index (Phi) is 7.64. The van der Waals surface area contributed by atoms with Crippen molar-refractivity contribution in [1.29, 1.82) is 0 Å². The fourth-order valence-electron chi connectivity index (χ4n) is 5.44. The molecule has 2 aliphatic heterocycles. The van der Waals surface area contributed by atoms with Gasteiger partial charge in [0.05, 0.1) is 5.69 Å². The van der Waals surface area contributed by atoms with E-state index in [4.69, 9.17) is 4.98 Å². The fraction of sp³-hybridized carbons (Fsp3) is 0.481. The Hall–Kier alpha value is -3.53. The lowest BCUT2D eigenvalue weighted by molar-refractivity contribution is 0.0963. The molecule has 9 nitrogen and oxygen atoms in total. The highest BCUT2D eigenvalue weighted by Gasteiger charge is 2.29. The summed E-state index contributed by atoms with van der Waals surface area (Å²) in [7, 11) is 3.37. The highest BCUT2D eigenvalue weighted by atomic mass is 19.1. The first-order valence-electron chi connectivity index (χ1n) is 13.1. The molecule has 0 atom stereocenters.